The molecule has 3 N–H and O–H groups in total. The molecule has 0 spiro atoms. The van der Waals surface area contributed by atoms with E-state index in [0.717, 1.165) is 102 Å². The minimum absolute atomic E-state index is 0.108. The van der Waals surface area contributed by atoms with Crippen molar-refractivity contribution in [3.63, 3.8) is 0 Å². The summed E-state index contributed by atoms with van der Waals surface area (Å²) in [7, 11) is -9.93. The largest absolute Gasteiger partial charge is 0.472 e. The third kappa shape index (κ3) is 80.5. The number of rotatable bonds is 87. The molecule has 0 saturated heterocycles. The van der Waals surface area contributed by atoms with Gasteiger partial charge in [-0.15, -0.1) is 0 Å². The van der Waals surface area contributed by atoms with Crippen molar-refractivity contribution in [2.75, 3.05) is 39.6 Å². The Labute approximate surface area is 658 Å². The number of phosphoric acid groups is 2. The van der Waals surface area contributed by atoms with Crippen LogP contribution >= 0.6 is 15.6 Å². The second-order valence-corrected chi connectivity index (χ2v) is 35.3. The van der Waals surface area contributed by atoms with Gasteiger partial charge in [-0.25, -0.2) is 9.13 Å². The maximum atomic E-state index is 13.2. The number of carbonyl (C=O) groups is 4. The number of esters is 4. The Balaban J connectivity index is 5.27. The fourth-order valence-corrected chi connectivity index (χ4v) is 15.3. The van der Waals surface area contributed by atoms with Crippen molar-refractivity contribution in [1.29, 1.82) is 0 Å². The number of hydrogen-bond acceptors (Lipinski definition) is 15. The zero-order chi connectivity index (χ0) is 78.5. The average Bonchev–Trinajstić information content (AvgIpc) is 0.905. The molecule has 6 atom stereocenters. The van der Waals surface area contributed by atoms with E-state index in [1.165, 1.54) is 289 Å². The molecule has 0 bridgehead atoms. The van der Waals surface area contributed by atoms with Crippen molar-refractivity contribution < 1.29 is 80.2 Å². The van der Waals surface area contributed by atoms with Gasteiger partial charge in [-0.2, -0.15) is 0 Å². The first-order valence-corrected chi connectivity index (χ1v) is 48.5. The van der Waals surface area contributed by atoms with E-state index in [-0.39, 0.29) is 25.7 Å². The van der Waals surface area contributed by atoms with Crippen LogP contribution in [0.15, 0.2) is 0 Å². The van der Waals surface area contributed by atoms with Gasteiger partial charge in [0, 0.05) is 25.7 Å². The number of unbranched alkanes of at least 4 members (excludes halogenated alkanes) is 56. The predicted octanol–water partition coefficient (Wildman–Crippen LogP) is 27.0. The lowest BCUT2D eigenvalue weighted by atomic mass is 9.99. The fourth-order valence-electron chi connectivity index (χ4n) is 13.7. The topological polar surface area (TPSA) is 237 Å². The summed E-state index contributed by atoms with van der Waals surface area (Å²) in [6.45, 7) is 9.76. The first kappa shape index (κ1) is 105. The third-order valence-electron chi connectivity index (χ3n) is 21.1. The SMILES string of the molecule is CCCCCCCCCCCCCCCCCCCCCCC(=O)O[C@H](COC(=O)CCCCCCCCCCCCCCCCC(C)CC)COP(=O)(O)OC[C@@H](O)COP(=O)(O)OC[C@@H](COC(=O)CCCCCCCCCCCCCCC)OC(=O)CCCCCCCCCCCCCCCC(C)C. The summed E-state index contributed by atoms with van der Waals surface area (Å²) in [5, 5.41) is 10.7. The molecule has 0 aliphatic rings. The van der Waals surface area contributed by atoms with Crippen LogP contribution in [-0.2, 0) is 65.4 Å². The minimum Gasteiger partial charge on any atom is -0.462 e. The second kappa shape index (κ2) is 79.3. The molecule has 0 aliphatic carbocycles. The van der Waals surface area contributed by atoms with Gasteiger partial charge in [0.2, 0.25) is 0 Å². The summed E-state index contributed by atoms with van der Waals surface area (Å²) in [6.07, 6.45) is 72.0. The number of hydrogen-bond donors (Lipinski definition) is 3. The van der Waals surface area contributed by atoms with Gasteiger partial charge in [0.05, 0.1) is 26.4 Å². The van der Waals surface area contributed by atoms with Crippen LogP contribution < -0.4 is 0 Å². The van der Waals surface area contributed by atoms with Crippen molar-refractivity contribution in [2.45, 2.75) is 490 Å². The molecule has 0 fully saturated rings. The van der Waals surface area contributed by atoms with Crippen LogP contribution in [-0.4, -0.2) is 96.7 Å². The van der Waals surface area contributed by atoms with Crippen LogP contribution in [0.2, 0.25) is 0 Å². The molecule has 0 aliphatic heterocycles. The van der Waals surface area contributed by atoms with Gasteiger partial charge in [-0.1, -0.05) is 420 Å². The minimum atomic E-state index is -4.97. The highest BCUT2D eigenvalue weighted by atomic mass is 31.2. The van der Waals surface area contributed by atoms with E-state index in [0.29, 0.717) is 25.7 Å². The molecule has 0 heterocycles. The molecular weight excluding hydrogens is 1390 g/mol. The highest BCUT2D eigenvalue weighted by molar-refractivity contribution is 7.47. The highest BCUT2D eigenvalue weighted by Gasteiger charge is 2.31. The van der Waals surface area contributed by atoms with Crippen molar-refractivity contribution in [1.82, 2.24) is 0 Å². The Morgan fingerprint density at radius 3 is 0.710 bits per heavy atom. The second-order valence-electron chi connectivity index (χ2n) is 32.4. The fraction of sp³-hybridized carbons (Fsp3) is 0.955. The molecule has 636 valence electrons. The van der Waals surface area contributed by atoms with Crippen LogP contribution in [0, 0.1) is 11.8 Å². The van der Waals surface area contributed by atoms with Crippen molar-refractivity contribution >= 4 is 39.5 Å². The summed E-state index contributed by atoms with van der Waals surface area (Å²) in [5.41, 5.74) is 0. The Morgan fingerprint density at radius 1 is 0.271 bits per heavy atom. The molecule has 19 heteroatoms. The lowest BCUT2D eigenvalue weighted by Crippen LogP contribution is -2.30. The zero-order valence-electron chi connectivity index (χ0n) is 70.5. The van der Waals surface area contributed by atoms with E-state index in [4.69, 9.17) is 37.0 Å². The van der Waals surface area contributed by atoms with Gasteiger partial charge in [0.1, 0.15) is 19.3 Å². The van der Waals surface area contributed by atoms with Crippen LogP contribution in [0.4, 0.5) is 0 Å². The Kier molecular flexibility index (Phi) is 77.9. The number of aliphatic hydroxyl groups is 1. The number of ether oxygens (including phenoxy) is 4. The summed E-state index contributed by atoms with van der Waals surface area (Å²) >= 11 is 0. The molecule has 0 saturated carbocycles. The van der Waals surface area contributed by atoms with E-state index < -0.39 is 97.5 Å². The standard InChI is InChI=1S/C88H172O17P2/c1-7-10-12-14-16-18-20-22-23-24-25-26-27-28-36-42-48-54-60-66-72-87(92)104-84(77-99-86(91)71-65-59-53-47-41-35-30-29-34-39-45-51-57-63-69-81(6)9-3)79-103-107(96,97)101-75-82(89)74-100-106(94,95)102-78-83(76-98-85(90)70-64-58-52-46-40-32-21-19-17-15-13-11-8-2)105-88(93)73-67-61-55-49-43-37-31-33-38-44-50-56-62-68-80(4)5/h80-84,89H,7-79H2,1-6H3,(H,94,95)(H,96,97)/t81?,82-,83+,84+/m0/s1. The van der Waals surface area contributed by atoms with Crippen molar-refractivity contribution in [2.24, 2.45) is 11.8 Å². The first-order valence-electron chi connectivity index (χ1n) is 45.5. The van der Waals surface area contributed by atoms with Gasteiger partial charge in [0.15, 0.2) is 12.2 Å². The van der Waals surface area contributed by atoms with Crippen LogP contribution in [0.5, 0.6) is 0 Å². The smallest absolute Gasteiger partial charge is 0.462 e. The molecule has 3 unspecified atom stereocenters. The molecule has 0 aromatic carbocycles. The zero-order valence-corrected chi connectivity index (χ0v) is 72.2. The van der Waals surface area contributed by atoms with Gasteiger partial charge in [-0.05, 0) is 37.5 Å². The molecule has 0 aromatic rings. The average molecular weight is 1560 g/mol. The normalized spacial score (nSPS) is 14.0. The molecule has 0 aromatic heterocycles. The monoisotopic (exact) mass is 1560 g/mol. The predicted molar refractivity (Wildman–Crippen MR) is 442 cm³/mol. The summed E-state index contributed by atoms with van der Waals surface area (Å²) in [4.78, 5) is 73.3. The van der Waals surface area contributed by atoms with E-state index >= 15 is 0 Å². The first-order chi connectivity index (χ1) is 51.9. The lowest BCUT2D eigenvalue weighted by Gasteiger charge is -2.21. The number of aliphatic hydroxyl groups excluding tert-OH is 1. The third-order valence-corrected chi connectivity index (χ3v) is 23.0. The van der Waals surface area contributed by atoms with Crippen molar-refractivity contribution in [3.8, 4) is 0 Å². The van der Waals surface area contributed by atoms with Gasteiger partial charge >= 0.3 is 39.5 Å². The van der Waals surface area contributed by atoms with E-state index in [2.05, 4.69) is 41.5 Å². The van der Waals surface area contributed by atoms with Gasteiger partial charge in [0.25, 0.3) is 0 Å². The van der Waals surface area contributed by atoms with Crippen LogP contribution in [0.3, 0.4) is 0 Å². The van der Waals surface area contributed by atoms with Crippen molar-refractivity contribution in [3.05, 3.63) is 0 Å². The van der Waals surface area contributed by atoms with E-state index in [9.17, 15) is 43.2 Å². The number of carbonyl (C=O) groups excluding carboxylic acids is 4. The molecule has 0 amide bonds. The highest BCUT2D eigenvalue weighted by Crippen LogP contribution is 2.45. The summed E-state index contributed by atoms with van der Waals surface area (Å²) < 4.78 is 69.0. The van der Waals surface area contributed by atoms with Gasteiger partial charge < -0.3 is 33.8 Å². The van der Waals surface area contributed by atoms with Gasteiger partial charge in [-0.3, -0.25) is 37.3 Å². The van der Waals surface area contributed by atoms with E-state index in [1.807, 2.05) is 0 Å². The Bertz CT molecular complexity index is 2050. The Hall–Kier alpha value is -1.94. The molecule has 17 nitrogen and oxygen atoms in total. The number of phosphoric ester groups is 2. The summed E-state index contributed by atoms with van der Waals surface area (Å²) in [5.74, 6) is -0.461. The lowest BCUT2D eigenvalue weighted by molar-refractivity contribution is -0.161. The summed E-state index contributed by atoms with van der Waals surface area (Å²) in [6, 6.07) is 0. The van der Waals surface area contributed by atoms with Crippen LogP contribution in [0.25, 0.3) is 0 Å². The molecule has 107 heavy (non-hydrogen) atoms. The molecule has 0 rings (SSSR count). The maximum absolute atomic E-state index is 13.2. The quantitative estimate of drug-likeness (QED) is 0.0222. The maximum Gasteiger partial charge on any atom is 0.472 e. The van der Waals surface area contributed by atoms with Crippen LogP contribution in [0.1, 0.15) is 472 Å². The molecule has 0 radical (unpaired) electrons. The Morgan fingerprint density at radius 2 is 0.477 bits per heavy atom. The molecular formula is C88H172O17P2. The van der Waals surface area contributed by atoms with E-state index in [1.54, 1.807) is 0 Å².